The Morgan fingerprint density at radius 3 is 2.43 bits per heavy atom. The molecule has 9 rings (SSSR count). The van der Waals surface area contributed by atoms with Gasteiger partial charge in [-0.2, -0.15) is 4.98 Å². The Bertz CT molecular complexity index is 2860. The number of hydrogen-bond donors (Lipinski definition) is 3. The second kappa shape index (κ2) is 18.1. The number of alkyl halides is 1. The van der Waals surface area contributed by atoms with Gasteiger partial charge in [0.25, 0.3) is 21.6 Å². The lowest BCUT2D eigenvalue weighted by Gasteiger charge is -2.45. The molecule has 1 amide bonds. The molecule has 67 heavy (non-hydrogen) atoms. The maximum atomic E-state index is 15.4. The maximum Gasteiger partial charge on any atom is 0.293 e. The molecule has 5 aromatic rings. The molecule has 2 aromatic heterocycles. The lowest BCUT2D eigenvalue weighted by atomic mass is 9.72. The van der Waals surface area contributed by atoms with Crippen LogP contribution in [0.4, 0.5) is 32.8 Å². The molecule has 5 heterocycles. The Morgan fingerprint density at radius 1 is 0.955 bits per heavy atom. The number of carbonyl (C=O) groups is 1. The Morgan fingerprint density at radius 2 is 1.70 bits per heavy atom. The van der Waals surface area contributed by atoms with Crippen molar-refractivity contribution in [2.45, 2.75) is 75.9 Å². The summed E-state index contributed by atoms with van der Waals surface area (Å²) in [6.45, 7) is 13.0. The molecule has 2 saturated heterocycles. The summed E-state index contributed by atoms with van der Waals surface area (Å²) < 4.78 is 57.0. The van der Waals surface area contributed by atoms with Gasteiger partial charge >= 0.3 is 0 Å². The number of rotatable bonds is 12. The third kappa shape index (κ3) is 9.82. The molecular weight excluding hydrogens is 899 g/mol. The minimum Gasteiger partial charge on any atom is -0.474 e. The second-order valence-corrected chi connectivity index (χ2v) is 21.7. The standard InChI is InChI=1S/C49H56ClFN8O7S/c1-47(2)15-13-34(39(28-47)32-5-7-35(50)8-6-32)29-56-19-21-57(22-20-56)36-9-11-38(41(26-36)58-43-25-33-14-18-52-44(33)54-46(43)66-31-48(58,3)4)45(60)55-67(63,64)37-10-12-40(42(27-37)59(61)62)53-30-49(51)16-23-65-24-17-49/h5-12,14,18,25-27,53H,13,15-17,19-24,28-31H2,1-4H3,(H,52,54)(H,55,60). The average Bonchev–Trinajstić information content (AvgIpc) is 3.76. The minimum absolute atomic E-state index is 0.0475. The average molecular weight is 956 g/mol. The largest absolute Gasteiger partial charge is 0.474 e. The smallest absolute Gasteiger partial charge is 0.293 e. The highest BCUT2D eigenvalue weighted by atomic mass is 35.5. The van der Waals surface area contributed by atoms with Gasteiger partial charge in [0.05, 0.1) is 26.6 Å². The first-order valence-electron chi connectivity index (χ1n) is 22.7. The number of nitrogens with one attached hydrogen (secondary N) is 3. The number of fused-ring (bicyclic) bond motifs is 2. The quantitative estimate of drug-likeness (QED) is 0.0800. The normalized spacial score (nSPS) is 19.4. The number of halogens is 2. The molecule has 0 saturated carbocycles. The van der Waals surface area contributed by atoms with E-state index < -0.39 is 42.6 Å². The van der Waals surface area contributed by atoms with Crippen LogP contribution in [-0.4, -0.2) is 104 Å². The SMILES string of the molecule is CC1(C)CCC(CN2CCN(c3ccc(C(=O)NS(=O)(=O)c4ccc(NCC5(F)CCOCC5)c([N+](=O)[O-])c4)c(N4c5cc6cc[nH]c6nc5OCC4(C)C)c3)CC2)=C(c2ccc(Cl)cc2)C1. The van der Waals surface area contributed by atoms with Crippen molar-refractivity contribution in [1.82, 2.24) is 19.6 Å². The summed E-state index contributed by atoms with van der Waals surface area (Å²) >= 11 is 6.27. The number of sulfonamides is 1. The predicted octanol–water partition coefficient (Wildman–Crippen LogP) is 9.27. The van der Waals surface area contributed by atoms with E-state index in [1.54, 1.807) is 12.3 Å². The Kier molecular flexibility index (Phi) is 12.5. The van der Waals surface area contributed by atoms with Gasteiger partial charge in [-0.25, -0.2) is 17.5 Å². The number of aromatic nitrogens is 2. The van der Waals surface area contributed by atoms with E-state index in [0.717, 1.165) is 67.1 Å². The molecule has 0 atom stereocenters. The van der Waals surface area contributed by atoms with Crippen LogP contribution in [0.3, 0.4) is 0 Å². The molecule has 4 aliphatic rings. The van der Waals surface area contributed by atoms with Gasteiger partial charge in [0.1, 0.15) is 29.3 Å². The van der Waals surface area contributed by atoms with Crippen LogP contribution in [0.2, 0.25) is 5.02 Å². The Balaban J connectivity index is 1.01. The van der Waals surface area contributed by atoms with E-state index in [0.29, 0.717) is 36.0 Å². The highest BCUT2D eigenvalue weighted by Gasteiger charge is 2.40. The number of allylic oxidation sites excluding steroid dienone is 1. The molecule has 3 N–H and O–H groups in total. The number of anilines is 4. The van der Waals surface area contributed by atoms with E-state index in [1.807, 2.05) is 55.1 Å². The minimum atomic E-state index is -4.67. The Hall–Kier alpha value is -5.75. The Labute approximate surface area is 394 Å². The first kappa shape index (κ1) is 46.4. The van der Waals surface area contributed by atoms with Crippen molar-refractivity contribution < 1.29 is 32.0 Å². The number of pyridine rings is 1. The predicted molar refractivity (Wildman–Crippen MR) is 259 cm³/mol. The van der Waals surface area contributed by atoms with Gasteiger partial charge in [0.2, 0.25) is 5.88 Å². The zero-order valence-electron chi connectivity index (χ0n) is 38.2. The van der Waals surface area contributed by atoms with E-state index in [1.165, 1.54) is 22.8 Å². The lowest BCUT2D eigenvalue weighted by molar-refractivity contribution is -0.384. The van der Waals surface area contributed by atoms with Crippen LogP contribution in [0.25, 0.3) is 16.6 Å². The number of amides is 1. The molecule has 354 valence electrons. The molecule has 0 bridgehead atoms. The zero-order chi connectivity index (χ0) is 47.3. The van der Waals surface area contributed by atoms with Crippen LogP contribution in [0.1, 0.15) is 75.7 Å². The molecule has 15 nitrogen and oxygen atoms in total. The van der Waals surface area contributed by atoms with Crippen LogP contribution in [0, 0.1) is 15.5 Å². The fourth-order valence-electron chi connectivity index (χ4n) is 9.69. The molecule has 0 spiro atoms. The van der Waals surface area contributed by atoms with Crippen molar-refractivity contribution in [2.24, 2.45) is 5.41 Å². The van der Waals surface area contributed by atoms with E-state index >= 15 is 4.39 Å². The van der Waals surface area contributed by atoms with Crippen molar-refractivity contribution in [3.05, 3.63) is 111 Å². The first-order valence-corrected chi connectivity index (χ1v) is 24.6. The lowest BCUT2D eigenvalue weighted by Crippen LogP contribution is -2.50. The first-order chi connectivity index (χ1) is 31.9. The summed E-state index contributed by atoms with van der Waals surface area (Å²) in [5.41, 5.74) is 3.84. The fourth-order valence-corrected chi connectivity index (χ4v) is 10.8. The van der Waals surface area contributed by atoms with Gasteiger partial charge < -0.3 is 29.6 Å². The monoisotopic (exact) mass is 954 g/mol. The zero-order valence-corrected chi connectivity index (χ0v) is 39.7. The van der Waals surface area contributed by atoms with Crippen LogP contribution in [-0.2, 0) is 14.8 Å². The van der Waals surface area contributed by atoms with Gasteiger partial charge in [0, 0.05) is 93.7 Å². The summed E-state index contributed by atoms with van der Waals surface area (Å²) in [6.07, 6.45) is 5.18. The van der Waals surface area contributed by atoms with Gasteiger partial charge in [-0.15, -0.1) is 0 Å². The van der Waals surface area contributed by atoms with Crippen LogP contribution in [0.15, 0.2) is 89.5 Å². The maximum absolute atomic E-state index is 15.4. The number of piperazine rings is 1. The van der Waals surface area contributed by atoms with Crippen molar-refractivity contribution in [3.63, 3.8) is 0 Å². The summed E-state index contributed by atoms with van der Waals surface area (Å²) in [6, 6.07) is 20.6. The van der Waals surface area contributed by atoms with E-state index in [4.69, 9.17) is 26.1 Å². The van der Waals surface area contributed by atoms with Crippen LogP contribution < -0.4 is 24.6 Å². The number of nitro groups is 1. The van der Waals surface area contributed by atoms with Crippen molar-refractivity contribution in [3.8, 4) is 5.88 Å². The number of ether oxygens (including phenoxy) is 2. The third-order valence-corrected chi connectivity index (χ3v) is 15.2. The molecule has 3 aromatic carbocycles. The van der Waals surface area contributed by atoms with Crippen LogP contribution in [0.5, 0.6) is 5.88 Å². The van der Waals surface area contributed by atoms with Crippen molar-refractivity contribution in [2.75, 3.05) is 74.2 Å². The molecule has 3 aliphatic heterocycles. The molecule has 1 aliphatic carbocycles. The topological polar surface area (TPSA) is 175 Å². The van der Waals surface area contributed by atoms with Gasteiger partial charge in [-0.05, 0) is 104 Å². The molecule has 18 heteroatoms. The molecule has 0 unspecified atom stereocenters. The second-order valence-electron chi connectivity index (χ2n) is 19.5. The number of nitrogens with zero attached hydrogens (tertiary/aromatic N) is 5. The van der Waals surface area contributed by atoms with Crippen molar-refractivity contribution >= 4 is 72.6 Å². The van der Waals surface area contributed by atoms with Crippen LogP contribution >= 0.6 is 11.6 Å². The fraction of sp³-hybridized carbons (Fsp3) is 0.429. The number of hydrogen-bond acceptors (Lipinski definition) is 12. The number of aromatic amines is 1. The van der Waals surface area contributed by atoms with Gasteiger partial charge in [-0.1, -0.05) is 43.2 Å². The summed E-state index contributed by atoms with van der Waals surface area (Å²) in [5, 5.41) is 16.6. The van der Waals surface area contributed by atoms with E-state index in [-0.39, 0.29) is 55.9 Å². The number of carbonyl (C=O) groups excluding carboxylic acids is 1. The van der Waals surface area contributed by atoms with Gasteiger partial charge in [0.15, 0.2) is 0 Å². The third-order valence-electron chi connectivity index (χ3n) is 13.6. The number of nitro benzene ring substituents is 1. The van der Waals surface area contributed by atoms with E-state index in [2.05, 4.69) is 50.8 Å². The van der Waals surface area contributed by atoms with Crippen molar-refractivity contribution in [1.29, 1.82) is 0 Å². The summed E-state index contributed by atoms with van der Waals surface area (Å²) in [5.74, 6) is -0.586. The van der Waals surface area contributed by atoms with E-state index in [9.17, 15) is 23.3 Å². The number of H-pyrrole nitrogens is 1. The molecule has 0 radical (unpaired) electrons. The van der Waals surface area contributed by atoms with Gasteiger partial charge in [-0.3, -0.25) is 19.8 Å². The highest BCUT2D eigenvalue weighted by molar-refractivity contribution is 7.90. The summed E-state index contributed by atoms with van der Waals surface area (Å²) in [7, 11) is -4.67. The number of benzene rings is 3. The molecule has 2 fully saturated rings. The highest BCUT2D eigenvalue weighted by Crippen LogP contribution is 2.47. The molecular formula is C49H56ClFN8O7S. The summed E-state index contributed by atoms with van der Waals surface area (Å²) in [4.78, 5) is 40.1.